The van der Waals surface area contributed by atoms with Gasteiger partial charge in [-0.25, -0.2) is 0 Å². The van der Waals surface area contributed by atoms with Crippen LogP contribution in [-0.4, -0.2) is 31.1 Å². The third-order valence-corrected chi connectivity index (χ3v) is 2.85. The molecule has 0 aromatic heterocycles. The van der Waals surface area contributed by atoms with Gasteiger partial charge in [-0.1, -0.05) is 23.7 Å². The van der Waals surface area contributed by atoms with E-state index in [1.807, 2.05) is 18.2 Å². The molecule has 1 heterocycles. The highest BCUT2D eigenvalue weighted by atomic mass is 35.5. The molecule has 2 nitrogen and oxygen atoms in total. The number of piperazine rings is 1. The third-order valence-electron chi connectivity index (χ3n) is 2.50. The predicted molar refractivity (Wildman–Crippen MR) is 58.4 cm³/mol. The van der Waals surface area contributed by atoms with Crippen LogP contribution in [0.25, 0.3) is 0 Å². The fraction of sp³-hybridized carbons (Fsp3) is 0.455. The Hall–Kier alpha value is -0.570. The van der Waals surface area contributed by atoms with E-state index in [0.29, 0.717) is 0 Å². The number of hydrogen-bond acceptors (Lipinski definition) is 2. The lowest BCUT2D eigenvalue weighted by atomic mass is 10.2. The smallest absolute Gasteiger partial charge is 0.0457 e. The molecular formula is C11H14ClN2. The molecule has 0 aliphatic carbocycles. The average molecular weight is 210 g/mol. The molecular weight excluding hydrogens is 196 g/mol. The summed E-state index contributed by atoms with van der Waals surface area (Å²) in [5, 5.41) is 4.16. The first kappa shape index (κ1) is 9.97. The molecule has 0 bridgehead atoms. The molecule has 1 N–H and O–H groups in total. The fourth-order valence-corrected chi connectivity index (χ4v) is 1.87. The van der Waals surface area contributed by atoms with Crippen molar-refractivity contribution in [1.29, 1.82) is 0 Å². The van der Waals surface area contributed by atoms with Crippen LogP contribution in [0.5, 0.6) is 0 Å². The standard InChI is InChI=1S/C11H14ClN2/c12-11-4-2-1-3-10(11)9-14-7-5-13-6-8-14/h1,3-4,13H,5-9H2. The van der Waals surface area contributed by atoms with E-state index in [4.69, 9.17) is 11.6 Å². The summed E-state index contributed by atoms with van der Waals surface area (Å²) in [6.45, 7) is 5.33. The van der Waals surface area contributed by atoms with Crippen LogP contribution >= 0.6 is 11.6 Å². The molecule has 0 spiro atoms. The van der Waals surface area contributed by atoms with Crippen LogP contribution in [0, 0.1) is 6.07 Å². The van der Waals surface area contributed by atoms with E-state index in [-0.39, 0.29) is 0 Å². The van der Waals surface area contributed by atoms with Gasteiger partial charge in [0.15, 0.2) is 0 Å². The SMILES string of the molecule is Clc1c[c]ccc1CN1CCNCC1. The van der Waals surface area contributed by atoms with Gasteiger partial charge >= 0.3 is 0 Å². The molecule has 1 aliphatic rings. The van der Waals surface area contributed by atoms with Gasteiger partial charge in [0.05, 0.1) is 0 Å². The maximum Gasteiger partial charge on any atom is 0.0457 e. The molecule has 1 aromatic rings. The van der Waals surface area contributed by atoms with Crippen LogP contribution < -0.4 is 5.32 Å². The molecule has 0 saturated carbocycles. The summed E-state index contributed by atoms with van der Waals surface area (Å²) in [7, 11) is 0. The third kappa shape index (κ3) is 2.47. The second-order valence-corrected chi connectivity index (χ2v) is 3.95. The fourth-order valence-electron chi connectivity index (χ4n) is 1.68. The van der Waals surface area contributed by atoms with Crippen molar-refractivity contribution in [2.75, 3.05) is 26.2 Å². The molecule has 1 saturated heterocycles. The monoisotopic (exact) mass is 209 g/mol. The first-order chi connectivity index (χ1) is 6.86. The highest BCUT2D eigenvalue weighted by molar-refractivity contribution is 6.31. The van der Waals surface area contributed by atoms with Gasteiger partial charge in [0, 0.05) is 37.7 Å². The van der Waals surface area contributed by atoms with Crippen molar-refractivity contribution in [3.05, 3.63) is 34.9 Å². The molecule has 2 rings (SSSR count). The second kappa shape index (κ2) is 4.78. The zero-order valence-electron chi connectivity index (χ0n) is 8.09. The van der Waals surface area contributed by atoms with Gasteiger partial charge in [-0.05, 0) is 17.7 Å². The van der Waals surface area contributed by atoms with Crippen LogP contribution in [0.4, 0.5) is 0 Å². The second-order valence-electron chi connectivity index (χ2n) is 3.54. The highest BCUT2D eigenvalue weighted by Gasteiger charge is 2.10. The summed E-state index contributed by atoms with van der Waals surface area (Å²) in [5.41, 5.74) is 1.20. The van der Waals surface area contributed by atoms with Crippen LogP contribution in [0.3, 0.4) is 0 Å². The van der Waals surface area contributed by atoms with Crippen molar-refractivity contribution in [3.8, 4) is 0 Å². The quantitative estimate of drug-likeness (QED) is 0.795. The number of benzene rings is 1. The Morgan fingerprint density at radius 2 is 2.21 bits per heavy atom. The summed E-state index contributed by atoms with van der Waals surface area (Å²) >= 11 is 6.07. The van der Waals surface area contributed by atoms with E-state index in [1.165, 1.54) is 5.56 Å². The molecule has 0 amide bonds. The summed E-state index contributed by atoms with van der Waals surface area (Å²) in [5.74, 6) is 0. The van der Waals surface area contributed by atoms with Gasteiger partial charge in [-0.15, -0.1) is 0 Å². The van der Waals surface area contributed by atoms with E-state index in [2.05, 4.69) is 16.3 Å². The largest absolute Gasteiger partial charge is 0.314 e. The summed E-state index contributed by atoms with van der Waals surface area (Å²) in [6, 6.07) is 8.77. The lowest BCUT2D eigenvalue weighted by molar-refractivity contribution is 0.233. The molecule has 1 fully saturated rings. The van der Waals surface area contributed by atoms with E-state index in [9.17, 15) is 0 Å². The minimum atomic E-state index is 0.825. The Morgan fingerprint density at radius 3 is 2.93 bits per heavy atom. The first-order valence-corrected chi connectivity index (χ1v) is 5.31. The maximum absolute atomic E-state index is 6.07. The Morgan fingerprint density at radius 1 is 1.43 bits per heavy atom. The number of nitrogens with zero attached hydrogens (tertiary/aromatic N) is 1. The van der Waals surface area contributed by atoms with Crippen LogP contribution in [0.15, 0.2) is 18.2 Å². The highest BCUT2D eigenvalue weighted by Crippen LogP contribution is 2.16. The predicted octanol–water partition coefficient (Wildman–Crippen LogP) is 1.55. The topological polar surface area (TPSA) is 15.3 Å². The van der Waals surface area contributed by atoms with Gasteiger partial charge < -0.3 is 5.32 Å². The molecule has 1 aromatic carbocycles. The Balaban J connectivity index is 1.99. The molecule has 14 heavy (non-hydrogen) atoms. The summed E-state index contributed by atoms with van der Waals surface area (Å²) < 4.78 is 0. The maximum atomic E-state index is 6.07. The van der Waals surface area contributed by atoms with Gasteiger partial charge in [0.1, 0.15) is 0 Å². The van der Waals surface area contributed by atoms with Crippen molar-refractivity contribution >= 4 is 11.6 Å². The molecule has 0 atom stereocenters. The lowest BCUT2D eigenvalue weighted by Gasteiger charge is -2.27. The molecule has 0 unspecified atom stereocenters. The number of nitrogens with one attached hydrogen (secondary N) is 1. The van der Waals surface area contributed by atoms with Gasteiger partial charge in [0.2, 0.25) is 0 Å². The Kier molecular flexibility index (Phi) is 3.40. The molecule has 3 heteroatoms. The summed E-state index contributed by atoms with van der Waals surface area (Å²) in [4.78, 5) is 2.41. The number of rotatable bonds is 2. The van der Waals surface area contributed by atoms with Gasteiger partial charge in [-0.2, -0.15) is 0 Å². The Labute approximate surface area is 89.9 Å². The van der Waals surface area contributed by atoms with Crippen molar-refractivity contribution in [2.45, 2.75) is 6.54 Å². The van der Waals surface area contributed by atoms with Crippen molar-refractivity contribution in [2.24, 2.45) is 0 Å². The zero-order chi connectivity index (χ0) is 9.80. The number of hydrogen-bond donors (Lipinski definition) is 1. The van der Waals surface area contributed by atoms with E-state index < -0.39 is 0 Å². The van der Waals surface area contributed by atoms with Gasteiger partial charge in [0.25, 0.3) is 0 Å². The first-order valence-electron chi connectivity index (χ1n) is 4.94. The van der Waals surface area contributed by atoms with E-state index in [1.54, 1.807) is 0 Å². The zero-order valence-corrected chi connectivity index (χ0v) is 8.85. The molecule has 75 valence electrons. The van der Waals surface area contributed by atoms with Crippen LogP contribution in [0.1, 0.15) is 5.56 Å². The normalized spacial score (nSPS) is 18.4. The minimum Gasteiger partial charge on any atom is -0.314 e. The Bertz CT molecular complexity index is 295. The van der Waals surface area contributed by atoms with Crippen molar-refractivity contribution in [3.63, 3.8) is 0 Å². The minimum absolute atomic E-state index is 0.825. The molecule has 1 aliphatic heterocycles. The number of halogens is 1. The van der Waals surface area contributed by atoms with Crippen molar-refractivity contribution in [1.82, 2.24) is 10.2 Å². The van der Waals surface area contributed by atoms with Crippen LogP contribution in [0.2, 0.25) is 5.02 Å². The van der Waals surface area contributed by atoms with Crippen molar-refractivity contribution < 1.29 is 0 Å². The van der Waals surface area contributed by atoms with E-state index in [0.717, 1.165) is 37.7 Å². The molecule has 1 radical (unpaired) electrons. The lowest BCUT2D eigenvalue weighted by Crippen LogP contribution is -2.42. The summed E-state index contributed by atoms with van der Waals surface area (Å²) in [6.07, 6.45) is 0. The average Bonchev–Trinajstić information content (AvgIpc) is 2.23. The van der Waals surface area contributed by atoms with Gasteiger partial charge in [-0.3, -0.25) is 4.90 Å². The van der Waals surface area contributed by atoms with Crippen LogP contribution in [-0.2, 0) is 6.54 Å². The van der Waals surface area contributed by atoms with E-state index >= 15 is 0 Å².